The number of rotatable bonds is 5. The van der Waals surface area contributed by atoms with Crippen molar-refractivity contribution < 1.29 is 9.47 Å². The quantitative estimate of drug-likeness (QED) is 0.762. The molecule has 1 fully saturated rings. The average Bonchev–Trinajstić information content (AvgIpc) is 2.91. The van der Waals surface area contributed by atoms with E-state index in [0.717, 1.165) is 12.8 Å². The van der Waals surface area contributed by atoms with Crippen LogP contribution in [0.15, 0.2) is 60.7 Å². The van der Waals surface area contributed by atoms with Crippen LogP contribution in [0.5, 0.6) is 0 Å². The Morgan fingerprint density at radius 1 is 0.714 bits per heavy atom. The molecule has 2 nitrogen and oxygen atoms in total. The molecule has 0 aliphatic carbocycles. The topological polar surface area (TPSA) is 18.5 Å². The van der Waals surface area contributed by atoms with Crippen LogP contribution in [0, 0.1) is 0 Å². The molecule has 0 N–H and O–H groups in total. The van der Waals surface area contributed by atoms with E-state index in [0.29, 0.717) is 5.33 Å². The first-order chi connectivity index (χ1) is 10.3. The summed E-state index contributed by atoms with van der Waals surface area (Å²) >= 11 is 3.45. The van der Waals surface area contributed by atoms with Gasteiger partial charge in [-0.05, 0) is 11.1 Å². The Kier molecular flexibility index (Phi) is 5.07. The van der Waals surface area contributed by atoms with Crippen molar-refractivity contribution in [3.63, 3.8) is 0 Å². The van der Waals surface area contributed by atoms with Gasteiger partial charge >= 0.3 is 0 Å². The molecule has 0 saturated carbocycles. The van der Waals surface area contributed by atoms with E-state index in [1.54, 1.807) is 0 Å². The summed E-state index contributed by atoms with van der Waals surface area (Å²) in [5.41, 5.74) is 2.58. The highest BCUT2D eigenvalue weighted by atomic mass is 79.9. The maximum absolute atomic E-state index is 6.03. The Labute approximate surface area is 134 Å². The minimum atomic E-state index is -0.146. The van der Waals surface area contributed by atoms with Crippen molar-refractivity contribution >= 4 is 15.9 Å². The summed E-state index contributed by atoms with van der Waals surface area (Å²) in [6.07, 6.45) is 1.85. The highest BCUT2D eigenvalue weighted by Crippen LogP contribution is 2.26. The minimum absolute atomic E-state index is 0.107. The number of halogens is 1. The molecule has 0 amide bonds. The van der Waals surface area contributed by atoms with Crippen LogP contribution in [0.2, 0.25) is 0 Å². The van der Waals surface area contributed by atoms with Crippen LogP contribution in [0.3, 0.4) is 0 Å². The summed E-state index contributed by atoms with van der Waals surface area (Å²) in [6.45, 7) is 0. The predicted octanol–water partition coefficient (Wildman–Crippen LogP) is 3.98. The molecule has 0 spiro atoms. The van der Waals surface area contributed by atoms with Gasteiger partial charge in [0.1, 0.15) is 0 Å². The van der Waals surface area contributed by atoms with E-state index in [2.05, 4.69) is 64.5 Å². The maximum atomic E-state index is 6.03. The monoisotopic (exact) mass is 346 g/mol. The summed E-state index contributed by atoms with van der Waals surface area (Å²) in [5.74, 6) is 0. The molecule has 3 heteroatoms. The Bertz CT molecular complexity index is 494. The van der Waals surface area contributed by atoms with Crippen LogP contribution in [0.4, 0.5) is 0 Å². The van der Waals surface area contributed by atoms with Gasteiger partial charge in [0, 0.05) is 12.8 Å². The lowest BCUT2D eigenvalue weighted by atomic mass is 9.99. The van der Waals surface area contributed by atoms with Crippen molar-refractivity contribution in [2.24, 2.45) is 0 Å². The Morgan fingerprint density at radius 2 is 1.14 bits per heavy atom. The maximum Gasteiger partial charge on any atom is 0.168 e. The third-order valence-corrected chi connectivity index (χ3v) is 4.28. The van der Waals surface area contributed by atoms with E-state index in [1.807, 2.05) is 12.1 Å². The summed E-state index contributed by atoms with van der Waals surface area (Å²) in [4.78, 5) is 0. The summed E-state index contributed by atoms with van der Waals surface area (Å²) in [6, 6.07) is 20.9. The van der Waals surface area contributed by atoms with Crippen LogP contribution in [-0.2, 0) is 22.3 Å². The molecule has 21 heavy (non-hydrogen) atoms. The molecule has 0 bridgehead atoms. The van der Waals surface area contributed by atoms with Crippen molar-refractivity contribution in [3.8, 4) is 0 Å². The van der Waals surface area contributed by atoms with Crippen LogP contribution in [-0.4, -0.2) is 23.8 Å². The van der Waals surface area contributed by atoms with Crippen LogP contribution in [0.25, 0.3) is 0 Å². The van der Waals surface area contributed by atoms with Crippen molar-refractivity contribution in [2.75, 3.05) is 5.33 Å². The van der Waals surface area contributed by atoms with E-state index in [4.69, 9.17) is 9.47 Å². The van der Waals surface area contributed by atoms with Gasteiger partial charge in [-0.25, -0.2) is 0 Å². The standard InChI is InChI=1S/C18H19BrO2/c19-13-18-20-16(11-14-7-3-1-4-8-14)17(21-18)12-15-9-5-2-6-10-15/h1-10,16-18H,11-13H2/t16-,17-/m1/s1. The first-order valence-electron chi connectivity index (χ1n) is 7.30. The van der Waals surface area contributed by atoms with E-state index >= 15 is 0 Å². The van der Waals surface area contributed by atoms with Crippen LogP contribution < -0.4 is 0 Å². The molecular weight excluding hydrogens is 328 g/mol. The zero-order chi connectivity index (χ0) is 14.5. The fourth-order valence-electron chi connectivity index (χ4n) is 2.72. The molecule has 2 aromatic carbocycles. The number of ether oxygens (including phenoxy) is 2. The molecule has 1 heterocycles. The zero-order valence-electron chi connectivity index (χ0n) is 11.8. The number of hydrogen-bond donors (Lipinski definition) is 0. The first-order valence-corrected chi connectivity index (χ1v) is 8.42. The van der Waals surface area contributed by atoms with Crippen molar-refractivity contribution in [1.29, 1.82) is 0 Å². The Morgan fingerprint density at radius 3 is 1.52 bits per heavy atom. The SMILES string of the molecule is BrCC1O[C@H](Cc2ccccc2)[C@@H](Cc2ccccc2)O1. The van der Waals surface area contributed by atoms with Gasteiger partial charge in [-0.15, -0.1) is 0 Å². The smallest absolute Gasteiger partial charge is 0.168 e. The minimum Gasteiger partial charge on any atom is -0.345 e. The fraction of sp³-hybridized carbons (Fsp3) is 0.333. The fourth-order valence-corrected chi connectivity index (χ4v) is 3.03. The van der Waals surface area contributed by atoms with Gasteiger partial charge in [-0.3, -0.25) is 0 Å². The van der Waals surface area contributed by atoms with Crippen LogP contribution in [0.1, 0.15) is 11.1 Å². The molecular formula is C18H19BrO2. The van der Waals surface area contributed by atoms with E-state index in [1.165, 1.54) is 11.1 Å². The molecule has 1 saturated heterocycles. The molecule has 3 rings (SSSR count). The first kappa shape index (κ1) is 14.8. The molecule has 1 aliphatic rings. The van der Waals surface area contributed by atoms with Gasteiger partial charge in [0.15, 0.2) is 6.29 Å². The van der Waals surface area contributed by atoms with E-state index in [9.17, 15) is 0 Å². The number of hydrogen-bond acceptors (Lipinski definition) is 2. The van der Waals surface area contributed by atoms with E-state index < -0.39 is 0 Å². The molecule has 0 unspecified atom stereocenters. The van der Waals surface area contributed by atoms with Gasteiger partial charge in [0.25, 0.3) is 0 Å². The zero-order valence-corrected chi connectivity index (χ0v) is 13.4. The summed E-state index contributed by atoms with van der Waals surface area (Å²) < 4.78 is 12.1. The molecule has 2 aromatic rings. The summed E-state index contributed by atoms with van der Waals surface area (Å²) in [7, 11) is 0. The Hall–Kier alpha value is -1.16. The van der Waals surface area contributed by atoms with Gasteiger partial charge in [0.05, 0.1) is 17.5 Å². The van der Waals surface area contributed by atoms with Crippen LogP contribution >= 0.6 is 15.9 Å². The van der Waals surface area contributed by atoms with Crippen molar-refractivity contribution in [1.82, 2.24) is 0 Å². The average molecular weight is 347 g/mol. The molecule has 0 aromatic heterocycles. The molecule has 110 valence electrons. The normalized spacial score (nSPS) is 22.5. The van der Waals surface area contributed by atoms with Gasteiger partial charge in [-0.2, -0.15) is 0 Å². The largest absolute Gasteiger partial charge is 0.345 e. The number of benzene rings is 2. The van der Waals surface area contributed by atoms with Crippen molar-refractivity contribution in [3.05, 3.63) is 71.8 Å². The second-order valence-corrected chi connectivity index (χ2v) is 5.96. The second kappa shape index (κ2) is 7.21. The summed E-state index contributed by atoms with van der Waals surface area (Å²) in [5, 5.41) is 0.712. The third-order valence-electron chi connectivity index (χ3n) is 3.75. The molecule has 0 radical (unpaired) electrons. The number of alkyl halides is 1. The van der Waals surface area contributed by atoms with E-state index in [-0.39, 0.29) is 18.5 Å². The Balaban J connectivity index is 1.70. The van der Waals surface area contributed by atoms with Gasteiger partial charge < -0.3 is 9.47 Å². The lowest BCUT2D eigenvalue weighted by molar-refractivity contribution is -0.0458. The van der Waals surface area contributed by atoms with Crippen molar-refractivity contribution in [2.45, 2.75) is 31.3 Å². The molecule has 1 aliphatic heterocycles. The highest BCUT2D eigenvalue weighted by molar-refractivity contribution is 9.09. The van der Waals surface area contributed by atoms with Gasteiger partial charge in [0.2, 0.25) is 0 Å². The lowest BCUT2D eigenvalue weighted by Gasteiger charge is -2.17. The lowest BCUT2D eigenvalue weighted by Crippen LogP contribution is -2.27. The third kappa shape index (κ3) is 3.94. The highest BCUT2D eigenvalue weighted by Gasteiger charge is 2.35. The second-order valence-electron chi connectivity index (χ2n) is 5.31. The predicted molar refractivity (Wildman–Crippen MR) is 87.6 cm³/mol. The molecule has 2 atom stereocenters. The van der Waals surface area contributed by atoms with Gasteiger partial charge in [-0.1, -0.05) is 76.6 Å².